The first-order valence-corrected chi connectivity index (χ1v) is 7.73. The quantitative estimate of drug-likeness (QED) is 0.816. The zero-order chi connectivity index (χ0) is 14.7. The highest BCUT2D eigenvalue weighted by Crippen LogP contribution is 2.30. The maximum absolute atomic E-state index is 12.1. The molecule has 0 bridgehead atoms. The van der Waals surface area contributed by atoms with Crippen LogP contribution in [0.2, 0.25) is 0 Å². The van der Waals surface area contributed by atoms with Gasteiger partial charge in [0, 0.05) is 19.1 Å². The van der Waals surface area contributed by atoms with E-state index in [1.807, 2.05) is 0 Å². The van der Waals surface area contributed by atoms with Gasteiger partial charge in [0.15, 0.2) is 0 Å². The summed E-state index contributed by atoms with van der Waals surface area (Å²) >= 11 is 0. The van der Waals surface area contributed by atoms with Gasteiger partial charge in [-0.05, 0) is 37.5 Å². The van der Waals surface area contributed by atoms with E-state index in [2.05, 4.69) is 19.2 Å². The molecule has 2 N–H and O–H groups in total. The van der Waals surface area contributed by atoms with Gasteiger partial charge >= 0.3 is 5.97 Å². The van der Waals surface area contributed by atoms with Crippen molar-refractivity contribution in [1.82, 2.24) is 10.2 Å². The van der Waals surface area contributed by atoms with Gasteiger partial charge in [-0.2, -0.15) is 0 Å². The molecule has 0 aromatic heterocycles. The van der Waals surface area contributed by atoms with Gasteiger partial charge in [-0.3, -0.25) is 9.59 Å². The number of rotatable bonds is 4. The fraction of sp³-hybridized carbons (Fsp3) is 0.867. The molecule has 1 saturated carbocycles. The van der Waals surface area contributed by atoms with E-state index < -0.39 is 5.97 Å². The third-order valence-corrected chi connectivity index (χ3v) is 5.18. The van der Waals surface area contributed by atoms with Crippen molar-refractivity contribution in [2.24, 2.45) is 17.8 Å². The first-order valence-electron chi connectivity index (χ1n) is 7.73. The Hall–Kier alpha value is -1.10. The number of piperidine rings is 1. The number of nitrogens with zero attached hydrogens (tertiary/aromatic N) is 1. The number of amides is 1. The maximum atomic E-state index is 12.1. The Morgan fingerprint density at radius 3 is 2.30 bits per heavy atom. The number of aliphatic carboxylic acids is 1. The Bertz CT molecular complexity index is 364. The van der Waals surface area contributed by atoms with Crippen molar-refractivity contribution in [2.75, 3.05) is 19.6 Å². The molecule has 1 amide bonds. The predicted octanol–water partition coefficient (Wildman–Crippen LogP) is 1.33. The predicted molar refractivity (Wildman–Crippen MR) is 76.3 cm³/mol. The second-order valence-electron chi connectivity index (χ2n) is 6.39. The summed E-state index contributed by atoms with van der Waals surface area (Å²) in [7, 11) is 0. The highest BCUT2D eigenvalue weighted by molar-refractivity contribution is 5.79. The fourth-order valence-corrected chi connectivity index (χ4v) is 3.36. The summed E-state index contributed by atoms with van der Waals surface area (Å²) < 4.78 is 0. The second kappa shape index (κ2) is 6.57. The molecule has 2 fully saturated rings. The lowest BCUT2D eigenvalue weighted by atomic mass is 9.97. The molecule has 2 rings (SSSR count). The molecule has 3 unspecified atom stereocenters. The summed E-state index contributed by atoms with van der Waals surface area (Å²) in [6.45, 7) is 6.06. The summed E-state index contributed by atoms with van der Waals surface area (Å²) in [5.41, 5.74) is 0. The smallest absolute Gasteiger partial charge is 0.306 e. The van der Waals surface area contributed by atoms with Crippen molar-refractivity contribution in [3.05, 3.63) is 0 Å². The minimum absolute atomic E-state index is 0.112. The lowest BCUT2D eigenvalue weighted by Gasteiger charge is -2.31. The molecule has 114 valence electrons. The van der Waals surface area contributed by atoms with Gasteiger partial charge in [0.05, 0.1) is 12.5 Å². The summed E-state index contributed by atoms with van der Waals surface area (Å²) in [6.07, 6.45) is 3.55. The number of carboxylic acids is 1. The van der Waals surface area contributed by atoms with E-state index >= 15 is 0 Å². The van der Waals surface area contributed by atoms with Gasteiger partial charge in [-0.25, -0.2) is 0 Å². The number of carboxylic acid groups (broad SMARTS) is 1. The third kappa shape index (κ3) is 3.51. The van der Waals surface area contributed by atoms with E-state index in [-0.39, 0.29) is 11.8 Å². The molecule has 0 aromatic rings. The number of nitrogens with one attached hydrogen (secondary N) is 1. The van der Waals surface area contributed by atoms with E-state index in [9.17, 15) is 9.59 Å². The maximum Gasteiger partial charge on any atom is 0.306 e. The van der Waals surface area contributed by atoms with Crippen molar-refractivity contribution in [1.29, 1.82) is 0 Å². The van der Waals surface area contributed by atoms with E-state index in [0.29, 0.717) is 44.4 Å². The minimum atomic E-state index is -0.732. The lowest BCUT2D eigenvalue weighted by Crippen LogP contribution is -2.46. The molecule has 0 radical (unpaired) electrons. The topological polar surface area (TPSA) is 69.6 Å². The first kappa shape index (κ1) is 15.3. The normalized spacial score (nSPS) is 31.5. The average molecular weight is 282 g/mol. The summed E-state index contributed by atoms with van der Waals surface area (Å²) in [5.74, 6) is 0.460. The van der Waals surface area contributed by atoms with Crippen LogP contribution in [0.3, 0.4) is 0 Å². The summed E-state index contributed by atoms with van der Waals surface area (Å²) in [4.78, 5) is 24.8. The van der Waals surface area contributed by atoms with Gasteiger partial charge in [-0.15, -0.1) is 0 Å². The number of carbonyl (C=O) groups is 2. The van der Waals surface area contributed by atoms with Crippen LogP contribution in [0.4, 0.5) is 0 Å². The Kier molecular flexibility index (Phi) is 5.02. The molecule has 2 aliphatic rings. The fourth-order valence-electron chi connectivity index (χ4n) is 3.36. The van der Waals surface area contributed by atoms with Crippen molar-refractivity contribution < 1.29 is 14.7 Å². The van der Waals surface area contributed by atoms with Crippen molar-refractivity contribution in [3.8, 4) is 0 Å². The monoisotopic (exact) mass is 282 g/mol. The van der Waals surface area contributed by atoms with Crippen molar-refractivity contribution in [2.45, 2.75) is 45.6 Å². The molecule has 5 nitrogen and oxygen atoms in total. The first-order chi connectivity index (χ1) is 9.49. The number of hydrogen-bond acceptors (Lipinski definition) is 3. The SMILES string of the molecule is CC1CCC(NCC(=O)N2CCC(C(=O)O)CC2)C1C. The molecule has 0 aromatic carbocycles. The van der Waals surface area contributed by atoms with Crippen LogP contribution < -0.4 is 5.32 Å². The highest BCUT2D eigenvalue weighted by Gasteiger charge is 2.31. The highest BCUT2D eigenvalue weighted by atomic mass is 16.4. The number of carbonyl (C=O) groups excluding carboxylic acids is 1. The Morgan fingerprint density at radius 1 is 1.15 bits per heavy atom. The van der Waals surface area contributed by atoms with E-state index in [4.69, 9.17) is 5.11 Å². The largest absolute Gasteiger partial charge is 0.481 e. The van der Waals surface area contributed by atoms with E-state index in [0.717, 1.165) is 12.3 Å². The molecular weight excluding hydrogens is 256 g/mol. The summed E-state index contributed by atoms with van der Waals surface area (Å²) in [6, 6.07) is 0.450. The van der Waals surface area contributed by atoms with Crippen LogP contribution in [0.1, 0.15) is 39.5 Å². The zero-order valence-corrected chi connectivity index (χ0v) is 12.5. The van der Waals surface area contributed by atoms with Crippen LogP contribution in [0.15, 0.2) is 0 Å². The minimum Gasteiger partial charge on any atom is -0.481 e. The zero-order valence-electron chi connectivity index (χ0n) is 12.5. The third-order valence-electron chi connectivity index (χ3n) is 5.18. The molecule has 1 heterocycles. The van der Waals surface area contributed by atoms with Crippen LogP contribution in [-0.4, -0.2) is 47.6 Å². The second-order valence-corrected chi connectivity index (χ2v) is 6.39. The van der Waals surface area contributed by atoms with Gasteiger partial charge in [0.25, 0.3) is 0 Å². The van der Waals surface area contributed by atoms with Gasteiger partial charge in [0.2, 0.25) is 5.91 Å². The van der Waals surface area contributed by atoms with Crippen LogP contribution in [-0.2, 0) is 9.59 Å². The van der Waals surface area contributed by atoms with Crippen LogP contribution in [0.25, 0.3) is 0 Å². The molecule has 5 heteroatoms. The van der Waals surface area contributed by atoms with Crippen LogP contribution in [0, 0.1) is 17.8 Å². The summed E-state index contributed by atoms with van der Waals surface area (Å²) in [5, 5.41) is 12.3. The lowest BCUT2D eigenvalue weighted by molar-refractivity contribution is -0.145. The number of likely N-dealkylation sites (tertiary alicyclic amines) is 1. The number of hydrogen-bond donors (Lipinski definition) is 2. The van der Waals surface area contributed by atoms with Gasteiger partial charge < -0.3 is 15.3 Å². The van der Waals surface area contributed by atoms with Gasteiger partial charge in [0.1, 0.15) is 0 Å². The van der Waals surface area contributed by atoms with Gasteiger partial charge in [-0.1, -0.05) is 13.8 Å². The Morgan fingerprint density at radius 2 is 1.80 bits per heavy atom. The van der Waals surface area contributed by atoms with E-state index in [1.54, 1.807) is 4.90 Å². The molecule has 20 heavy (non-hydrogen) atoms. The van der Waals surface area contributed by atoms with E-state index in [1.165, 1.54) is 6.42 Å². The standard InChI is InChI=1S/C15H26N2O3/c1-10-3-4-13(11(10)2)16-9-14(18)17-7-5-12(6-8-17)15(19)20/h10-13,16H,3-9H2,1-2H3,(H,19,20). The molecule has 0 spiro atoms. The molecule has 3 atom stereocenters. The van der Waals surface area contributed by atoms with Crippen LogP contribution in [0.5, 0.6) is 0 Å². The molecule has 1 aliphatic heterocycles. The van der Waals surface area contributed by atoms with Crippen LogP contribution >= 0.6 is 0 Å². The average Bonchev–Trinajstić information content (AvgIpc) is 2.76. The Balaban J connectivity index is 1.72. The molecule has 1 aliphatic carbocycles. The molecular formula is C15H26N2O3. The van der Waals surface area contributed by atoms with Crippen molar-refractivity contribution in [3.63, 3.8) is 0 Å². The Labute approximate surface area is 120 Å². The van der Waals surface area contributed by atoms with Crippen molar-refractivity contribution >= 4 is 11.9 Å². The molecule has 1 saturated heterocycles.